The largest absolute Gasteiger partial charge is 0.408 e. The molecule has 5 nitrogen and oxygen atoms in total. The van der Waals surface area contributed by atoms with Gasteiger partial charge in [-0.2, -0.15) is 18.3 Å². The van der Waals surface area contributed by atoms with Crippen molar-refractivity contribution in [2.45, 2.75) is 26.1 Å². The van der Waals surface area contributed by atoms with E-state index in [2.05, 4.69) is 10.4 Å². The summed E-state index contributed by atoms with van der Waals surface area (Å²) in [6, 6.07) is 0. The van der Waals surface area contributed by atoms with E-state index in [1.165, 1.54) is 0 Å². The van der Waals surface area contributed by atoms with Crippen molar-refractivity contribution in [3.05, 3.63) is 21.6 Å². The van der Waals surface area contributed by atoms with Gasteiger partial charge in [-0.15, -0.1) is 0 Å². The minimum absolute atomic E-state index is 0.0298. The molecule has 0 radical (unpaired) electrons. The van der Waals surface area contributed by atoms with Gasteiger partial charge in [-0.1, -0.05) is 18.5 Å². The molecule has 1 heterocycles. The Hall–Kier alpha value is -1.28. The number of aromatic nitrogens is 2. The van der Waals surface area contributed by atoms with Crippen LogP contribution in [0, 0.1) is 5.92 Å². The maximum Gasteiger partial charge on any atom is 0.408 e. The molecule has 0 aliphatic heterocycles. The van der Waals surface area contributed by atoms with Crippen molar-refractivity contribution in [1.82, 2.24) is 9.78 Å². The smallest absolute Gasteiger partial charge is 0.396 e. The van der Waals surface area contributed by atoms with Gasteiger partial charge in [-0.25, -0.2) is 4.68 Å². The zero-order valence-electron chi connectivity index (χ0n) is 10.7. The molecule has 114 valence electrons. The van der Waals surface area contributed by atoms with E-state index >= 15 is 0 Å². The molecule has 9 heteroatoms. The number of alkyl halides is 3. The number of halogens is 4. The zero-order chi connectivity index (χ0) is 15.3. The van der Waals surface area contributed by atoms with Crippen LogP contribution >= 0.6 is 11.6 Å². The number of hydrogen-bond donors (Lipinski definition) is 2. The monoisotopic (exact) mass is 313 g/mol. The van der Waals surface area contributed by atoms with Crippen molar-refractivity contribution in [3.8, 4) is 0 Å². The lowest BCUT2D eigenvalue weighted by Crippen LogP contribution is -2.31. The number of nitrogens with one attached hydrogen (secondary N) is 1. The number of anilines is 1. The molecule has 1 aromatic rings. The normalized spacial score (nSPS) is 13.3. The Morgan fingerprint density at radius 1 is 1.55 bits per heavy atom. The van der Waals surface area contributed by atoms with Crippen molar-refractivity contribution in [1.29, 1.82) is 0 Å². The number of aliphatic hydroxyl groups is 1. The third-order valence-corrected chi connectivity index (χ3v) is 2.94. The van der Waals surface area contributed by atoms with Crippen LogP contribution in [0.4, 0.5) is 18.9 Å². The predicted octanol–water partition coefficient (Wildman–Crippen LogP) is 1.89. The molecular weight excluding hydrogens is 299 g/mol. The molecule has 1 atom stereocenters. The zero-order valence-corrected chi connectivity index (χ0v) is 11.5. The first-order chi connectivity index (χ1) is 9.24. The predicted molar refractivity (Wildman–Crippen MR) is 68.9 cm³/mol. The summed E-state index contributed by atoms with van der Waals surface area (Å²) in [6.07, 6.45) is -2.89. The fourth-order valence-corrected chi connectivity index (χ4v) is 1.69. The van der Waals surface area contributed by atoms with Crippen molar-refractivity contribution >= 4 is 17.3 Å². The average Bonchev–Trinajstić information content (AvgIpc) is 2.33. The van der Waals surface area contributed by atoms with Gasteiger partial charge >= 0.3 is 6.18 Å². The topological polar surface area (TPSA) is 67.2 Å². The Balaban J connectivity index is 2.82. The van der Waals surface area contributed by atoms with Gasteiger partial charge in [-0.3, -0.25) is 4.79 Å². The highest BCUT2D eigenvalue weighted by Crippen LogP contribution is 2.19. The van der Waals surface area contributed by atoms with E-state index in [-0.39, 0.29) is 27.9 Å². The van der Waals surface area contributed by atoms with Crippen LogP contribution in [0.2, 0.25) is 5.02 Å². The summed E-state index contributed by atoms with van der Waals surface area (Å²) in [5.74, 6) is 0.119. The Morgan fingerprint density at radius 2 is 2.20 bits per heavy atom. The summed E-state index contributed by atoms with van der Waals surface area (Å²) in [6.45, 7) is 0.842. The SMILES string of the molecule is CC(CCO)CNc1cnn(CC(F)(F)F)c(=O)c1Cl. The van der Waals surface area contributed by atoms with E-state index in [1.54, 1.807) is 0 Å². The highest BCUT2D eigenvalue weighted by Gasteiger charge is 2.29. The fraction of sp³-hybridized carbons (Fsp3) is 0.636. The highest BCUT2D eigenvalue weighted by atomic mass is 35.5. The van der Waals surface area contributed by atoms with Gasteiger partial charge in [0, 0.05) is 13.2 Å². The number of aliphatic hydroxyl groups excluding tert-OH is 1. The molecular formula is C11H15ClF3N3O2. The van der Waals surface area contributed by atoms with Crippen LogP contribution in [0.3, 0.4) is 0 Å². The molecule has 2 N–H and O–H groups in total. The van der Waals surface area contributed by atoms with E-state index in [9.17, 15) is 18.0 Å². The molecule has 0 aliphatic carbocycles. The molecule has 0 bridgehead atoms. The third-order valence-electron chi connectivity index (χ3n) is 2.58. The molecule has 1 aromatic heterocycles. The maximum atomic E-state index is 12.2. The van der Waals surface area contributed by atoms with Gasteiger partial charge in [-0.05, 0) is 12.3 Å². The minimum atomic E-state index is -4.54. The Kier molecular flexibility index (Phi) is 5.82. The Bertz CT molecular complexity index is 505. The van der Waals surface area contributed by atoms with Crippen molar-refractivity contribution in [2.75, 3.05) is 18.5 Å². The average molecular weight is 314 g/mol. The van der Waals surface area contributed by atoms with Crippen LogP contribution in [-0.2, 0) is 6.54 Å². The second-order valence-electron chi connectivity index (χ2n) is 4.45. The van der Waals surface area contributed by atoms with Gasteiger partial charge in [0.25, 0.3) is 5.56 Å². The third kappa shape index (κ3) is 5.01. The summed E-state index contributed by atoms with van der Waals surface area (Å²) in [5.41, 5.74) is -0.816. The molecule has 1 rings (SSSR count). The molecule has 0 amide bonds. The molecule has 1 unspecified atom stereocenters. The molecule has 0 fully saturated rings. The van der Waals surface area contributed by atoms with Crippen LogP contribution in [0.5, 0.6) is 0 Å². The van der Waals surface area contributed by atoms with Gasteiger partial charge < -0.3 is 10.4 Å². The lowest BCUT2D eigenvalue weighted by atomic mass is 10.1. The maximum absolute atomic E-state index is 12.2. The lowest BCUT2D eigenvalue weighted by molar-refractivity contribution is -0.143. The standard InChI is InChI=1S/C11H15ClF3N3O2/c1-7(2-3-19)4-16-8-5-17-18(6-11(13,14)15)10(20)9(8)12/h5,7,16,19H,2-4,6H2,1H3. The van der Waals surface area contributed by atoms with E-state index in [0.717, 1.165) is 6.20 Å². The first kappa shape index (κ1) is 16.8. The summed E-state index contributed by atoms with van der Waals surface area (Å²) >= 11 is 5.74. The Labute approximate surface area is 118 Å². The summed E-state index contributed by atoms with van der Waals surface area (Å²) in [4.78, 5) is 11.6. The van der Waals surface area contributed by atoms with Gasteiger partial charge in [0.2, 0.25) is 0 Å². The van der Waals surface area contributed by atoms with Gasteiger partial charge in [0.15, 0.2) is 0 Å². The fourth-order valence-electron chi connectivity index (χ4n) is 1.48. The van der Waals surface area contributed by atoms with Crippen molar-refractivity contribution in [3.63, 3.8) is 0 Å². The summed E-state index contributed by atoms with van der Waals surface area (Å²) in [7, 11) is 0. The van der Waals surface area contributed by atoms with Crippen LogP contribution in [0.25, 0.3) is 0 Å². The van der Waals surface area contributed by atoms with Crippen LogP contribution in [0.1, 0.15) is 13.3 Å². The van der Waals surface area contributed by atoms with E-state index in [0.29, 0.717) is 13.0 Å². The molecule has 0 aromatic carbocycles. The Morgan fingerprint density at radius 3 is 2.75 bits per heavy atom. The van der Waals surface area contributed by atoms with E-state index < -0.39 is 18.3 Å². The molecule has 20 heavy (non-hydrogen) atoms. The van der Waals surface area contributed by atoms with E-state index in [1.807, 2.05) is 6.92 Å². The highest BCUT2D eigenvalue weighted by molar-refractivity contribution is 6.32. The minimum Gasteiger partial charge on any atom is -0.396 e. The quantitative estimate of drug-likeness (QED) is 0.841. The lowest BCUT2D eigenvalue weighted by Gasteiger charge is -2.14. The van der Waals surface area contributed by atoms with Crippen molar-refractivity contribution < 1.29 is 18.3 Å². The van der Waals surface area contributed by atoms with Crippen LogP contribution < -0.4 is 10.9 Å². The first-order valence-corrected chi connectivity index (χ1v) is 6.29. The van der Waals surface area contributed by atoms with E-state index in [4.69, 9.17) is 16.7 Å². The number of rotatable bonds is 6. The number of nitrogens with zero attached hydrogens (tertiary/aromatic N) is 2. The second kappa shape index (κ2) is 6.94. The van der Waals surface area contributed by atoms with Crippen LogP contribution in [0.15, 0.2) is 11.0 Å². The number of hydrogen-bond acceptors (Lipinski definition) is 4. The second-order valence-corrected chi connectivity index (χ2v) is 4.83. The molecule has 0 spiro atoms. The molecule has 0 saturated heterocycles. The molecule has 0 aliphatic rings. The molecule has 0 saturated carbocycles. The summed E-state index contributed by atoms with van der Waals surface area (Å²) < 4.78 is 36.9. The van der Waals surface area contributed by atoms with Crippen LogP contribution in [-0.4, -0.2) is 34.2 Å². The first-order valence-electron chi connectivity index (χ1n) is 5.91. The van der Waals surface area contributed by atoms with Gasteiger partial charge in [0.05, 0.1) is 11.9 Å². The van der Waals surface area contributed by atoms with Gasteiger partial charge in [0.1, 0.15) is 11.6 Å². The van der Waals surface area contributed by atoms with Crippen molar-refractivity contribution in [2.24, 2.45) is 5.92 Å². The summed E-state index contributed by atoms with van der Waals surface area (Å²) in [5, 5.41) is 14.7.